The number of pyridine rings is 1. The molecule has 3 aromatic rings. The Hall–Kier alpha value is -2.93. The number of aromatic amines is 1. The fourth-order valence-electron chi connectivity index (χ4n) is 4.27. The lowest BCUT2D eigenvalue weighted by atomic mass is 9.84. The normalized spacial score (nSPS) is 24.2. The molecule has 0 radical (unpaired) electrons. The second kappa shape index (κ2) is 6.35. The number of aromatic nitrogens is 3. The van der Waals surface area contributed by atoms with Gasteiger partial charge in [0.2, 0.25) is 0 Å². The second-order valence-corrected chi connectivity index (χ2v) is 7.45. The molecule has 1 amide bonds. The highest BCUT2D eigenvalue weighted by molar-refractivity contribution is 6.06. The Bertz CT molecular complexity index is 989. The van der Waals surface area contributed by atoms with Crippen LogP contribution in [0.4, 0.5) is 0 Å². The fourth-order valence-corrected chi connectivity index (χ4v) is 4.27. The van der Waals surface area contributed by atoms with Crippen LogP contribution < -0.4 is 5.32 Å². The largest absolute Gasteiger partial charge is 0.508 e. The summed E-state index contributed by atoms with van der Waals surface area (Å²) in [5.41, 5.74) is 2.67. The molecular formula is C20H21N5O2. The molecule has 1 atom stereocenters. The molecule has 3 fully saturated rings. The number of fused-ring (bicyclic) bond motifs is 4. The summed E-state index contributed by atoms with van der Waals surface area (Å²) in [7, 11) is 0. The molecule has 3 aliphatic heterocycles. The van der Waals surface area contributed by atoms with E-state index < -0.39 is 0 Å². The number of phenolic OH excluding ortho intramolecular Hbond substituents is 1. The van der Waals surface area contributed by atoms with Crippen molar-refractivity contribution in [2.75, 3.05) is 19.6 Å². The first-order valence-corrected chi connectivity index (χ1v) is 9.34. The minimum atomic E-state index is -0.0809. The molecule has 2 bridgehead atoms. The predicted octanol–water partition coefficient (Wildman–Crippen LogP) is 2.15. The van der Waals surface area contributed by atoms with Crippen molar-refractivity contribution < 1.29 is 9.90 Å². The van der Waals surface area contributed by atoms with Crippen molar-refractivity contribution in [2.24, 2.45) is 5.92 Å². The third-order valence-corrected chi connectivity index (χ3v) is 5.80. The molecule has 0 aliphatic carbocycles. The zero-order valence-corrected chi connectivity index (χ0v) is 14.9. The lowest BCUT2D eigenvalue weighted by molar-refractivity contribution is 0.0621. The van der Waals surface area contributed by atoms with E-state index in [2.05, 4.69) is 25.4 Å². The number of phenols is 1. The predicted molar refractivity (Wildman–Crippen MR) is 101 cm³/mol. The number of rotatable bonds is 3. The van der Waals surface area contributed by atoms with Gasteiger partial charge in [-0.2, -0.15) is 5.10 Å². The van der Waals surface area contributed by atoms with Gasteiger partial charge >= 0.3 is 0 Å². The van der Waals surface area contributed by atoms with Crippen molar-refractivity contribution in [3.8, 4) is 17.0 Å². The summed E-state index contributed by atoms with van der Waals surface area (Å²) >= 11 is 0. The van der Waals surface area contributed by atoms with Crippen molar-refractivity contribution in [3.63, 3.8) is 0 Å². The molecule has 3 aliphatic rings. The maximum Gasteiger partial charge on any atom is 0.252 e. The van der Waals surface area contributed by atoms with Crippen LogP contribution >= 0.6 is 0 Å². The van der Waals surface area contributed by atoms with E-state index in [9.17, 15) is 9.90 Å². The van der Waals surface area contributed by atoms with Gasteiger partial charge in [-0.15, -0.1) is 0 Å². The molecule has 0 saturated carbocycles. The van der Waals surface area contributed by atoms with Gasteiger partial charge in [-0.05, 0) is 62.2 Å². The smallest absolute Gasteiger partial charge is 0.252 e. The van der Waals surface area contributed by atoms with E-state index in [0.717, 1.165) is 43.4 Å². The highest BCUT2D eigenvalue weighted by atomic mass is 16.3. The molecule has 7 heteroatoms. The maximum absolute atomic E-state index is 13.1. The topological polar surface area (TPSA) is 94.1 Å². The number of amides is 1. The Morgan fingerprint density at radius 2 is 2.00 bits per heavy atom. The van der Waals surface area contributed by atoms with Crippen LogP contribution in [0.1, 0.15) is 23.2 Å². The number of carbonyl (C=O) groups excluding carboxylic acids is 1. The summed E-state index contributed by atoms with van der Waals surface area (Å²) in [5, 5.41) is 20.4. The van der Waals surface area contributed by atoms with Gasteiger partial charge in [-0.3, -0.25) is 9.89 Å². The monoisotopic (exact) mass is 363 g/mol. The van der Waals surface area contributed by atoms with Crippen molar-refractivity contribution in [1.82, 2.24) is 25.4 Å². The lowest BCUT2D eigenvalue weighted by Gasteiger charge is -2.44. The maximum atomic E-state index is 13.1. The number of aromatic hydroxyl groups is 1. The third-order valence-electron chi connectivity index (χ3n) is 5.80. The Morgan fingerprint density at radius 3 is 2.70 bits per heavy atom. The average molecular weight is 363 g/mol. The SMILES string of the molecule is O=C(N[C@@H]1CN2CCC1CC2)c1cc(-c2ccc(O)cc2)nc2[nH]ncc12. The first kappa shape index (κ1) is 16.3. The highest BCUT2D eigenvalue weighted by Gasteiger charge is 2.35. The molecule has 7 nitrogen and oxygen atoms in total. The minimum absolute atomic E-state index is 0.0809. The summed E-state index contributed by atoms with van der Waals surface area (Å²) in [6.07, 6.45) is 3.96. The Labute approximate surface area is 156 Å². The molecule has 1 aromatic carbocycles. The van der Waals surface area contributed by atoms with Gasteiger partial charge in [0.05, 0.1) is 22.8 Å². The highest BCUT2D eigenvalue weighted by Crippen LogP contribution is 2.29. The van der Waals surface area contributed by atoms with Crippen LogP contribution in [0.2, 0.25) is 0 Å². The van der Waals surface area contributed by atoms with E-state index in [1.165, 1.54) is 0 Å². The Kier molecular flexibility index (Phi) is 3.82. The van der Waals surface area contributed by atoms with Crippen LogP contribution in [-0.4, -0.2) is 56.8 Å². The summed E-state index contributed by atoms with van der Waals surface area (Å²) in [5.74, 6) is 0.682. The van der Waals surface area contributed by atoms with E-state index in [1.807, 2.05) is 0 Å². The summed E-state index contributed by atoms with van der Waals surface area (Å²) in [4.78, 5) is 20.1. The van der Waals surface area contributed by atoms with Gasteiger partial charge in [0.25, 0.3) is 5.91 Å². The van der Waals surface area contributed by atoms with Crippen LogP contribution in [-0.2, 0) is 0 Å². The zero-order valence-electron chi connectivity index (χ0n) is 14.9. The molecule has 6 rings (SSSR count). The van der Waals surface area contributed by atoms with E-state index in [1.54, 1.807) is 36.5 Å². The van der Waals surface area contributed by atoms with Crippen LogP contribution in [0, 0.1) is 5.92 Å². The molecule has 2 aromatic heterocycles. The molecule has 27 heavy (non-hydrogen) atoms. The van der Waals surface area contributed by atoms with Crippen molar-refractivity contribution in [1.29, 1.82) is 0 Å². The molecule has 0 unspecified atom stereocenters. The number of hydrogen-bond donors (Lipinski definition) is 3. The van der Waals surface area contributed by atoms with E-state index in [0.29, 0.717) is 22.8 Å². The number of nitrogens with zero attached hydrogens (tertiary/aromatic N) is 3. The Balaban J connectivity index is 1.49. The molecule has 0 spiro atoms. The zero-order chi connectivity index (χ0) is 18.4. The van der Waals surface area contributed by atoms with Crippen molar-refractivity contribution >= 4 is 16.9 Å². The van der Waals surface area contributed by atoms with Crippen LogP contribution in [0.3, 0.4) is 0 Å². The molecule has 5 heterocycles. The number of H-pyrrole nitrogens is 1. The lowest BCUT2D eigenvalue weighted by Crippen LogP contribution is -2.57. The van der Waals surface area contributed by atoms with E-state index in [4.69, 9.17) is 0 Å². The minimum Gasteiger partial charge on any atom is -0.508 e. The van der Waals surface area contributed by atoms with E-state index >= 15 is 0 Å². The average Bonchev–Trinajstić information content (AvgIpc) is 3.17. The first-order chi connectivity index (χ1) is 13.2. The number of benzene rings is 1. The van der Waals surface area contributed by atoms with Crippen LogP contribution in [0.25, 0.3) is 22.3 Å². The van der Waals surface area contributed by atoms with Crippen LogP contribution in [0.15, 0.2) is 36.5 Å². The van der Waals surface area contributed by atoms with Crippen LogP contribution in [0.5, 0.6) is 5.75 Å². The van der Waals surface area contributed by atoms with Gasteiger partial charge < -0.3 is 15.3 Å². The van der Waals surface area contributed by atoms with Crippen molar-refractivity contribution in [3.05, 3.63) is 42.1 Å². The van der Waals surface area contributed by atoms with Crippen molar-refractivity contribution in [2.45, 2.75) is 18.9 Å². The molecule has 3 N–H and O–H groups in total. The quantitative estimate of drug-likeness (QED) is 0.663. The Morgan fingerprint density at radius 1 is 1.22 bits per heavy atom. The number of nitrogens with one attached hydrogen (secondary N) is 2. The number of carbonyl (C=O) groups is 1. The number of piperidine rings is 3. The summed E-state index contributed by atoms with van der Waals surface area (Å²) in [6, 6.07) is 8.81. The molecule has 138 valence electrons. The molecular weight excluding hydrogens is 342 g/mol. The van der Waals surface area contributed by atoms with Gasteiger partial charge in [0.1, 0.15) is 5.75 Å². The molecule has 3 saturated heterocycles. The number of hydrogen-bond acceptors (Lipinski definition) is 5. The summed E-state index contributed by atoms with van der Waals surface area (Å²) < 4.78 is 0. The van der Waals surface area contributed by atoms with E-state index in [-0.39, 0.29) is 17.7 Å². The summed E-state index contributed by atoms with van der Waals surface area (Å²) in [6.45, 7) is 3.22. The standard InChI is InChI=1S/C20H21N5O2/c26-14-3-1-12(2-4-14)17-9-15(16-10-21-24-19(16)22-17)20(27)23-18-11-25-7-5-13(18)6-8-25/h1-4,9-10,13,18,26H,5-8,11H2,(H,23,27)(H,21,22,24)/t18-/m1/s1. The fraction of sp³-hybridized carbons (Fsp3) is 0.350. The third kappa shape index (κ3) is 2.94. The van der Waals surface area contributed by atoms with Gasteiger partial charge in [0, 0.05) is 18.2 Å². The van der Waals surface area contributed by atoms with Gasteiger partial charge in [-0.1, -0.05) is 0 Å². The second-order valence-electron chi connectivity index (χ2n) is 7.45. The van der Waals surface area contributed by atoms with Gasteiger partial charge in [0.15, 0.2) is 5.65 Å². The first-order valence-electron chi connectivity index (χ1n) is 9.34. The van der Waals surface area contributed by atoms with Gasteiger partial charge in [-0.25, -0.2) is 4.98 Å².